The molecule has 4 N–H and O–H groups in total. The molecule has 3 aliphatic heterocycles. The van der Waals surface area contributed by atoms with Crippen LogP contribution in [0.1, 0.15) is 88.0 Å². The quantitative estimate of drug-likeness (QED) is 0.286. The Morgan fingerprint density at radius 2 is 1.61 bits per heavy atom. The van der Waals surface area contributed by atoms with E-state index in [4.69, 9.17) is 28.4 Å². The van der Waals surface area contributed by atoms with Gasteiger partial charge < -0.3 is 58.6 Å². The van der Waals surface area contributed by atoms with Crippen LogP contribution in [-0.4, -0.2) is 156 Å². The highest BCUT2D eigenvalue weighted by molar-refractivity contribution is 5.73. The van der Waals surface area contributed by atoms with Gasteiger partial charge in [-0.05, 0) is 87.9 Å². The number of ether oxygens (including phenoxy) is 6. The molecule has 0 aromatic heterocycles. The molecule has 0 aromatic rings. The predicted octanol–water partition coefficient (Wildman–Crippen LogP) is 2.15. The summed E-state index contributed by atoms with van der Waals surface area (Å²) in [7, 11) is 7.22. The van der Waals surface area contributed by atoms with Crippen molar-refractivity contribution in [3.8, 4) is 0 Å². The average molecular weight is 705 g/mol. The van der Waals surface area contributed by atoms with Crippen LogP contribution in [0.4, 0.5) is 0 Å². The minimum Gasteiger partial charge on any atom is -0.459 e. The Hall–Kier alpha value is -0.970. The van der Waals surface area contributed by atoms with E-state index in [1.165, 1.54) is 7.11 Å². The summed E-state index contributed by atoms with van der Waals surface area (Å²) >= 11 is 0. The zero-order valence-corrected chi connectivity index (χ0v) is 32.3. The Kier molecular flexibility index (Phi) is 14.5. The van der Waals surface area contributed by atoms with Crippen LogP contribution in [0.15, 0.2) is 0 Å². The minimum atomic E-state index is -1.49. The van der Waals surface area contributed by atoms with E-state index in [1.54, 1.807) is 34.6 Å². The standard InChI is InChI=1S/C36H68N2O11/c1-14-26-35(8,43)19-38(12)18-20(2)16-34(7,42)31(49-33-28(39)25(37(10)11)15-21(3)45-33)22(4)29(23(5)32(41)47-26)48-27-17-36(9,44-13)30(40)24(6)46-27/h20-31,33,39-40,42-43H,14-19H2,1-13H3/t20-,21-,22+,23-,24+,25+,26?,27+,28-,29?,30+,31-,33+,34-,35+,36-/m1/s1. The van der Waals surface area contributed by atoms with Gasteiger partial charge in [0.2, 0.25) is 0 Å². The van der Waals surface area contributed by atoms with Gasteiger partial charge in [0.25, 0.3) is 0 Å². The molecule has 13 nitrogen and oxygen atoms in total. The van der Waals surface area contributed by atoms with E-state index in [0.29, 0.717) is 25.8 Å². The van der Waals surface area contributed by atoms with Gasteiger partial charge in [0.05, 0.1) is 41.5 Å². The molecule has 0 aliphatic carbocycles. The fraction of sp³-hybridized carbons (Fsp3) is 0.972. The highest BCUT2D eigenvalue weighted by Gasteiger charge is 2.52. The minimum absolute atomic E-state index is 0.0477. The molecule has 0 amide bonds. The topological polar surface area (TPSA) is 160 Å². The summed E-state index contributed by atoms with van der Waals surface area (Å²) in [4.78, 5) is 18.0. The van der Waals surface area contributed by atoms with Crippen LogP contribution in [0.3, 0.4) is 0 Å². The molecule has 0 spiro atoms. The molecule has 288 valence electrons. The van der Waals surface area contributed by atoms with E-state index in [9.17, 15) is 25.2 Å². The van der Waals surface area contributed by atoms with Crippen molar-refractivity contribution in [1.29, 1.82) is 0 Å². The highest BCUT2D eigenvalue weighted by atomic mass is 16.7. The summed E-state index contributed by atoms with van der Waals surface area (Å²) in [5.41, 5.74) is -3.81. The Morgan fingerprint density at radius 1 is 0.980 bits per heavy atom. The van der Waals surface area contributed by atoms with Crippen LogP contribution in [0.2, 0.25) is 0 Å². The Morgan fingerprint density at radius 3 is 2.18 bits per heavy atom. The van der Waals surface area contributed by atoms with Crippen molar-refractivity contribution in [2.45, 2.75) is 166 Å². The molecule has 0 bridgehead atoms. The number of hydrogen-bond donors (Lipinski definition) is 4. The van der Waals surface area contributed by atoms with Gasteiger partial charge in [-0.25, -0.2) is 0 Å². The highest BCUT2D eigenvalue weighted by Crippen LogP contribution is 2.40. The fourth-order valence-electron chi connectivity index (χ4n) is 8.44. The molecule has 0 aromatic carbocycles. The first-order valence-corrected chi connectivity index (χ1v) is 18.1. The smallest absolute Gasteiger partial charge is 0.311 e. The molecular formula is C36H68N2O11. The lowest BCUT2D eigenvalue weighted by Gasteiger charge is -2.49. The fourth-order valence-corrected chi connectivity index (χ4v) is 8.44. The number of esters is 1. The number of nitrogens with zero attached hydrogens (tertiary/aromatic N) is 2. The van der Waals surface area contributed by atoms with Crippen molar-refractivity contribution in [2.24, 2.45) is 17.8 Å². The number of aliphatic hydroxyl groups excluding tert-OH is 2. The summed E-state index contributed by atoms with van der Waals surface area (Å²) in [5, 5.41) is 46.3. The van der Waals surface area contributed by atoms with Gasteiger partial charge >= 0.3 is 5.97 Å². The van der Waals surface area contributed by atoms with E-state index in [2.05, 4.69) is 0 Å². The SMILES string of the molecule is CCC1OC(=O)[C@H](C)C(O[C@H]2C[C@@](C)(OC)[C@@H](O)[C@H](C)O2)[C@H](C)[C@@H](O[C@@H]2O[C@H](C)C[C@H](N(C)C)[C@H]2O)[C@](C)(O)C[C@@H](C)CN(C)C[C@]1(C)O. The molecule has 13 heteroatoms. The van der Waals surface area contributed by atoms with Gasteiger partial charge in [-0.3, -0.25) is 4.79 Å². The number of methoxy groups -OCH3 is 1. The second-order valence-corrected chi connectivity index (χ2v) is 16.4. The monoisotopic (exact) mass is 704 g/mol. The summed E-state index contributed by atoms with van der Waals surface area (Å²) in [6.07, 6.45) is -5.97. The second kappa shape index (κ2) is 16.8. The lowest BCUT2D eigenvalue weighted by molar-refractivity contribution is -0.318. The Labute approximate surface area is 294 Å². The van der Waals surface area contributed by atoms with E-state index in [0.717, 1.165) is 0 Å². The molecule has 16 atom stereocenters. The molecule has 3 fully saturated rings. The maximum Gasteiger partial charge on any atom is 0.311 e. The van der Waals surface area contributed by atoms with Gasteiger partial charge in [-0.2, -0.15) is 0 Å². The van der Waals surface area contributed by atoms with Crippen molar-refractivity contribution in [2.75, 3.05) is 41.3 Å². The zero-order valence-electron chi connectivity index (χ0n) is 32.3. The molecule has 3 saturated heterocycles. The normalized spacial score (nSPS) is 48.6. The largest absolute Gasteiger partial charge is 0.459 e. The number of β-amino-alcohol motifs (C(OH)–C–C–N with tert-alkyl or cyclic N) is 1. The lowest BCUT2D eigenvalue weighted by Crippen LogP contribution is -2.60. The molecule has 3 aliphatic rings. The molecule has 49 heavy (non-hydrogen) atoms. The molecule has 2 unspecified atom stereocenters. The lowest BCUT2D eigenvalue weighted by atomic mass is 9.77. The van der Waals surface area contributed by atoms with Crippen LogP contribution in [-0.2, 0) is 33.2 Å². The van der Waals surface area contributed by atoms with Gasteiger partial charge in [-0.15, -0.1) is 0 Å². The van der Waals surface area contributed by atoms with Crippen molar-refractivity contribution < 1.29 is 53.6 Å². The number of likely N-dealkylation sites (N-methyl/N-ethyl adjacent to an activating group) is 2. The van der Waals surface area contributed by atoms with Gasteiger partial charge in [0, 0.05) is 38.6 Å². The maximum absolute atomic E-state index is 14.0. The number of carbonyl (C=O) groups is 1. The molecule has 3 rings (SSSR count). The van der Waals surface area contributed by atoms with Crippen LogP contribution in [0.25, 0.3) is 0 Å². The molecule has 0 saturated carbocycles. The third-order valence-electron chi connectivity index (χ3n) is 11.1. The van der Waals surface area contributed by atoms with Crippen LogP contribution in [0, 0.1) is 17.8 Å². The number of hydrogen-bond acceptors (Lipinski definition) is 13. The molecular weight excluding hydrogens is 636 g/mol. The van der Waals surface area contributed by atoms with Gasteiger partial charge in [0.15, 0.2) is 12.6 Å². The van der Waals surface area contributed by atoms with E-state index >= 15 is 0 Å². The first-order chi connectivity index (χ1) is 22.6. The van der Waals surface area contributed by atoms with Crippen LogP contribution < -0.4 is 0 Å². The number of rotatable bonds is 7. The van der Waals surface area contributed by atoms with Crippen LogP contribution in [0.5, 0.6) is 0 Å². The van der Waals surface area contributed by atoms with Crippen molar-refractivity contribution in [3.05, 3.63) is 0 Å². The Bertz CT molecular complexity index is 1060. The maximum atomic E-state index is 14.0. The van der Waals surface area contributed by atoms with Gasteiger partial charge in [0.1, 0.15) is 23.9 Å². The number of aliphatic hydroxyl groups is 4. The average Bonchev–Trinajstić information content (AvgIpc) is 2.99. The van der Waals surface area contributed by atoms with E-state index in [1.807, 2.05) is 58.6 Å². The summed E-state index contributed by atoms with van der Waals surface area (Å²) in [5.74, 6) is -2.22. The Balaban J connectivity index is 2.12. The van der Waals surface area contributed by atoms with E-state index < -0.39 is 83.8 Å². The molecule has 3 heterocycles. The van der Waals surface area contributed by atoms with Crippen molar-refractivity contribution >= 4 is 5.97 Å². The third-order valence-corrected chi connectivity index (χ3v) is 11.1. The van der Waals surface area contributed by atoms with Crippen LogP contribution >= 0.6 is 0 Å². The number of cyclic esters (lactones) is 1. The molecule has 0 radical (unpaired) electrons. The first-order valence-electron chi connectivity index (χ1n) is 18.1. The summed E-state index contributed by atoms with van der Waals surface area (Å²) < 4.78 is 37.5. The third kappa shape index (κ3) is 10.1. The van der Waals surface area contributed by atoms with Gasteiger partial charge in [-0.1, -0.05) is 20.8 Å². The second-order valence-electron chi connectivity index (χ2n) is 16.4. The first kappa shape index (κ1) is 42.4. The van der Waals surface area contributed by atoms with Crippen molar-refractivity contribution in [1.82, 2.24) is 9.80 Å². The predicted molar refractivity (Wildman–Crippen MR) is 184 cm³/mol. The summed E-state index contributed by atoms with van der Waals surface area (Å²) in [6.45, 7) is 17.1. The zero-order chi connectivity index (χ0) is 37.2. The van der Waals surface area contributed by atoms with Crippen molar-refractivity contribution in [3.63, 3.8) is 0 Å². The summed E-state index contributed by atoms with van der Waals surface area (Å²) in [6, 6.07) is -0.241. The number of carbonyl (C=O) groups excluding carboxylic acids is 1. The van der Waals surface area contributed by atoms with E-state index in [-0.39, 0.29) is 31.0 Å².